The third-order valence-electron chi connectivity index (χ3n) is 3.13. The Bertz CT molecular complexity index is 868. The quantitative estimate of drug-likeness (QED) is 0.582. The van der Waals surface area contributed by atoms with E-state index >= 15 is 0 Å². The van der Waals surface area contributed by atoms with Gasteiger partial charge in [0.05, 0.1) is 12.2 Å². The third-order valence-corrected chi connectivity index (χ3v) is 3.79. The Labute approximate surface area is 156 Å². The Hall–Kier alpha value is -2.51. The molecule has 0 aliphatic heterocycles. The number of halogens is 5. The van der Waals surface area contributed by atoms with Crippen LogP contribution < -0.4 is 10.6 Å². The highest BCUT2D eigenvalue weighted by Crippen LogP contribution is 2.25. The second-order valence-corrected chi connectivity index (χ2v) is 5.77. The molecular weight excluding hydrogens is 392 g/mol. The van der Waals surface area contributed by atoms with Gasteiger partial charge in [-0.2, -0.15) is 0 Å². The molecule has 0 bridgehead atoms. The van der Waals surface area contributed by atoms with Gasteiger partial charge in [-0.25, -0.2) is 13.2 Å². The maximum absolute atomic E-state index is 13.5. The van der Waals surface area contributed by atoms with Crippen LogP contribution in [0.3, 0.4) is 0 Å². The highest BCUT2D eigenvalue weighted by atomic mass is 35.5. The zero-order valence-corrected chi connectivity index (χ0v) is 14.5. The maximum atomic E-state index is 13.5. The largest absolute Gasteiger partial charge is 0.343 e. The summed E-state index contributed by atoms with van der Waals surface area (Å²) in [6.07, 6.45) is 2.48. The van der Waals surface area contributed by atoms with Gasteiger partial charge in [0.2, 0.25) is 11.8 Å². The van der Waals surface area contributed by atoms with E-state index in [2.05, 4.69) is 5.32 Å². The first kappa shape index (κ1) is 19.8. The highest BCUT2D eigenvalue weighted by molar-refractivity contribution is 6.37. The molecule has 4 nitrogen and oxygen atoms in total. The Morgan fingerprint density at radius 3 is 2.31 bits per heavy atom. The van der Waals surface area contributed by atoms with E-state index in [-0.39, 0.29) is 0 Å². The van der Waals surface area contributed by atoms with Crippen molar-refractivity contribution in [1.82, 2.24) is 5.32 Å². The number of hydrogen-bond acceptors (Lipinski definition) is 2. The lowest BCUT2D eigenvalue weighted by Crippen LogP contribution is -2.32. The van der Waals surface area contributed by atoms with Crippen molar-refractivity contribution in [3.8, 4) is 0 Å². The van der Waals surface area contributed by atoms with Gasteiger partial charge in [0.15, 0.2) is 17.5 Å². The van der Waals surface area contributed by atoms with Gasteiger partial charge in [0.25, 0.3) is 0 Å². The minimum absolute atomic E-state index is 0.341. The van der Waals surface area contributed by atoms with Crippen LogP contribution in [0.2, 0.25) is 10.0 Å². The van der Waals surface area contributed by atoms with Crippen LogP contribution in [0.1, 0.15) is 5.56 Å². The van der Waals surface area contributed by atoms with Crippen LogP contribution in [-0.2, 0) is 9.59 Å². The summed E-state index contributed by atoms with van der Waals surface area (Å²) >= 11 is 11.9. The Balaban J connectivity index is 1.92. The van der Waals surface area contributed by atoms with Gasteiger partial charge in [-0.1, -0.05) is 29.3 Å². The molecule has 2 aromatic rings. The Morgan fingerprint density at radius 1 is 1.00 bits per heavy atom. The molecule has 2 amide bonds. The van der Waals surface area contributed by atoms with Crippen molar-refractivity contribution in [2.24, 2.45) is 0 Å². The standard InChI is InChI=1S/C17H11Cl2F3N2O2/c18-10-2-1-3-11(19)9(10)4-7-14(25)23-8-15(26)24-13-6-5-12(20)16(21)17(13)22/h1-7H,8H2,(H,23,25)(H,24,26)/b7-4+. The average Bonchev–Trinajstić information content (AvgIpc) is 2.60. The fourth-order valence-electron chi connectivity index (χ4n) is 1.87. The van der Waals surface area contributed by atoms with Crippen LogP contribution in [0.15, 0.2) is 36.4 Å². The first-order valence-corrected chi connectivity index (χ1v) is 7.88. The number of benzene rings is 2. The van der Waals surface area contributed by atoms with E-state index in [9.17, 15) is 22.8 Å². The van der Waals surface area contributed by atoms with Crippen molar-refractivity contribution < 1.29 is 22.8 Å². The molecule has 0 unspecified atom stereocenters. The maximum Gasteiger partial charge on any atom is 0.244 e. The molecule has 0 aliphatic rings. The predicted molar refractivity (Wildman–Crippen MR) is 93.5 cm³/mol. The van der Waals surface area contributed by atoms with Gasteiger partial charge in [0, 0.05) is 21.7 Å². The SMILES string of the molecule is O=C(/C=C/c1c(Cl)cccc1Cl)NCC(=O)Nc1ccc(F)c(F)c1F. The molecule has 0 spiro atoms. The number of amides is 2. The van der Waals surface area contributed by atoms with Crippen molar-refractivity contribution >= 4 is 46.8 Å². The topological polar surface area (TPSA) is 58.2 Å². The smallest absolute Gasteiger partial charge is 0.244 e. The highest BCUT2D eigenvalue weighted by Gasteiger charge is 2.15. The summed E-state index contributed by atoms with van der Waals surface area (Å²) in [6.45, 7) is -0.516. The van der Waals surface area contributed by atoms with E-state index in [1.807, 2.05) is 5.32 Å². The number of rotatable bonds is 5. The summed E-state index contributed by atoms with van der Waals surface area (Å²) in [5.41, 5.74) is -0.110. The first-order valence-electron chi connectivity index (χ1n) is 7.13. The van der Waals surface area contributed by atoms with Gasteiger partial charge in [-0.05, 0) is 30.3 Å². The summed E-state index contributed by atoms with van der Waals surface area (Å²) in [4.78, 5) is 23.4. The Morgan fingerprint density at radius 2 is 1.65 bits per heavy atom. The molecule has 2 N–H and O–H groups in total. The first-order chi connectivity index (χ1) is 12.3. The molecule has 9 heteroatoms. The van der Waals surface area contributed by atoms with Crippen molar-refractivity contribution in [3.05, 3.63) is 69.5 Å². The molecule has 2 rings (SSSR count). The van der Waals surface area contributed by atoms with Gasteiger partial charge in [-0.3, -0.25) is 9.59 Å². The molecule has 0 saturated heterocycles. The summed E-state index contributed by atoms with van der Waals surface area (Å²) < 4.78 is 39.4. The van der Waals surface area contributed by atoms with E-state index in [1.165, 1.54) is 6.08 Å². The lowest BCUT2D eigenvalue weighted by Gasteiger charge is -2.07. The molecule has 136 valence electrons. The zero-order chi connectivity index (χ0) is 19.3. The van der Waals surface area contributed by atoms with Crippen LogP contribution in [0.5, 0.6) is 0 Å². The average molecular weight is 403 g/mol. The van der Waals surface area contributed by atoms with Crippen LogP contribution in [0.4, 0.5) is 18.9 Å². The van der Waals surface area contributed by atoms with Gasteiger partial charge < -0.3 is 10.6 Å². The Kier molecular flexibility index (Phi) is 6.65. The van der Waals surface area contributed by atoms with E-state index in [0.717, 1.165) is 12.1 Å². The van der Waals surface area contributed by atoms with Crippen LogP contribution >= 0.6 is 23.2 Å². The summed E-state index contributed by atoms with van der Waals surface area (Å²) in [6, 6.07) is 6.36. The summed E-state index contributed by atoms with van der Waals surface area (Å²) in [7, 11) is 0. The van der Waals surface area contributed by atoms with Gasteiger partial charge in [-0.15, -0.1) is 0 Å². The van der Waals surface area contributed by atoms with Gasteiger partial charge in [0.1, 0.15) is 0 Å². The molecule has 0 fully saturated rings. The van der Waals surface area contributed by atoms with Crippen LogP contribution in [-0.4, -0.2) is 18.4 Å². The molecule has 26 heavy (non-hydrogen) atoms. The van der Waals surface area contributed by atoms with Gasteiger partial charge >= 0.3 is 0 Å². The number of hydrogen-bond donors (Lipinski definition) is 2. The molecule has 2 aromatic carbocycles. The molecule has 0 aliphatic carbocycles. The normalized spacial score (nSPS) is 10.8. The van der Waals surface area contributed by atoms with E-state index < -0.39 is 41.5 Å². The number of nitrogens with one attached hydrogen (secondary N) is 2. The second kappa shape index (κ2) is 8.73. The molecule has 0 heterocycles. The van der Waals surface area contributed by atoms with E-state index in [1.54, 1.807) is 18.2 Å². The number of anilines is 1. The number of carbonyl (C=O) groups is 2. The van der Waals surface area contributed by atoms with E-state index in [0.29, 0.717) is 21.7 Å². The lowest BCUT2D eigenvalue weighted by atomic mass is 10.2. The monoisotopic (exact) mass is 402 g/mol. The fourth-order valence-corrected chi connectivity index (χ4v) is 2.40. The van der Waals surface area contributed by atoms with Crippen molar-refractivity contribution in [3.63, 3.8) is 0 Å². The molecule has 0 saturated carbocycles. The summed E-state index contributed by atoms with van der Waals surface area (Å²) in [5, 5.41) is 4.95. The zero-order valence-electron chi connectivity index (χ0n) is 13.0. The number of carbonyl (C=O) groups excluding carboxylic acids is 2. The van der Waals surface area contributed by atoms with E-state index in [4.69, 9.17) is 23.2 Å². The molecule has 0 atom stereocenters. The van der Waals surface area contributed by atoms with Crippen molar-refractivity contribution in [1.29, 1.82) is 0 Å². The molecule has 0 radical (unpaired) electrons. The second-order valence-electron chi connectivity index (χ2n) is 4.96. The van der Waals surface area contributed by atoms with Crippen molar-refractivity contribution in [2.45, 2.75) is 0 Å². The van der Waals surface area contributed by atoms with Crippen molar-refractivity contribution in [2.75, 3.05) is 11.9 Å². The molecule has 0 aromatic heterocycles. The van der Waals surface area contributed by atoms with Crippen LogP contribution in [0, 0.1) is 17.5 Å². The minimum Gasteiger partial charge on any atom is -0.343 e. The fraction of sp³-hybridized carbons (Fsp3) is 0.0588. The summed E-state index contributed by atoms with van der Waals surface area (Å²) in [5.74, 6) is -6.07. The lowest BCUT2D eigenvalue weighted by molar-refractivity contribution is -0.121. The third kappa shape index (κ3) is 5.00. The minimum atomic E-state index is -1.70. The predicted octanol–water partition coefficient (Wildman–Crippen LogP) is 4.18. The van der Waals surface area contributed by atoms with Crippen LogP contribution in [0.25, 0.3) is 6.08 Å². The molecular formula is C17H11Cl2F3N2O2.